The van der Waals surface area contributed by atoms with Gasteiger partial charge < -0.3 is 19.1 Å². The van der Waals surface area contributed by atoms with Gasteiger partial charge in [0.25, 0.3) is 0 Å². The maximum atomic E-state index is 5.42. The maximum Gasteiger partial charge on any atom is 0.223 e. The van der Waals surface area contributed by atoms with E-state index in [4.69, 9.17) is 14.2 Å². The van der Waals surface area contributed by atoms with Crippen LogP contribution >= 0.6 is 0 Å². The first-order valence-electron chi connectivity index (χ1n) is 6.67. The van der Waals surface area contributed by atoms with Crippen LogP contribution in [-0.2, 0) is 4.74 Å². The van der Waals surface area contributed by atoms with Crippen molar-refractivity contribution in [3.05, 3.63) is 24.3 Å². The molecule has 0 saturated carbocycles. The molecule has 0 aliphatic carbocycles. The number of pyridine rings is 1. The number of hydrogen-bond acceptors (Lipinski definition) is 5. The highest BCUT2D eigenvalue weighted by Crippen LogP contribution is 2.31. The molecule has 1 saturated heterocycles. The van der Waals surface area contributed by atoms with Crippen LogP contribution in [0.3, 0.4) is 0 Å². The first-order valence-corrected chi connectivity index (χ1v) is 6.67. The minimum absolute atomic E-state index is 0.645. The largest absolute Gasteiger partial charge is 0.497 e. The van der Waals surface area contributed by atoms with Gasteiger partial charge >= 0.3 is 0 Å². The van der Waals surface area contributed by atoms with E-state index >= 15 is 0 Å². The van der Waals surface area contributed by atoms with Gasteiger partial charge in [0.2, 0.25) is 5.88 Å². The van der Waals surface area contributed by atoms with E-state index in [0.717, 1.165) is 48.6 Å². The predicted octanol–water partition coefficient (Wildman–Crippen LogP) is 2.09. The Balaban J connectivity index is 2.08. The van der Waals surface area contributed by atoms with E-state index in [1.807, 2.05) is 18.2 Å². The van der Waals surface area contributed by atoms with Gasteiger partial charge in [-0.3, -0.25) is 0 Å². The fourth-order valence-electron chi connectivity index (χ4n) is 2.43. The van der Waals surface area contributed by atoms with E-state index < -0.39 is 0 Å². The van der Waals surface area contributed by atoms with Crippen LogP contribution < -0.4 is 14.4 Å². The number of methoxy groups -OCH3 is 2. The van der Waals surface area contributed by atoms with E-state index in [1.165, 1.54) is 0 Å². The second-order valence-corrected chi connectivity index (χ2v) is 4.68. The third kappa shape index (κ3) is 2.36. The zero-order valence-electron chi connectivity index (χ0n) is 11.8. The predicted molar refractivity (Wildman–Crippen MR) is 77.9 cm³/mol. The molecule has 3 rings (SSSR count). The molecule has 20 heavy (non-hydrogen) atoms. The molecule has 5 heteroatoms. The van der Waals surface area contributed by atoms with E-state index in [-0.39, 0.29) is 0 Å². The van der Waals surface area contributed by atoms with Crippen LogP contribution in [0.1, 0.15) is 0 Å². The van der Waals surface area contributed by atoms with Crippen LogP contribution in [0.5, 0.6) is 11.6 Å². The summed E-state index contributed by atoms with van der Waals surface area (Å²) in [6.07, 6.45) is 0. The maximum absolute atomic E-state index is 5.42. The number of rotatable bonds is 3. The van der Waals surface area contributed by atoms with Gasteiger partial charge in [-0.15, -0.1) is 0 Å². The average molecular weight is 274 g/mol. The first-order chi connectivity index (χ1) is 9.81. The minimum Gasteiger partial charge on any atom is -0.497 e. The molecule has 1 fully saturated rings. The molecule has 0 amide bonds. The summed E-state index contributed by atoms with van der Waals surface area (Å²) in [4.78, 5) is 6.82. The van der Waals surface area contributed by atoms with Crippen molar-refractivity contribution in [1.82, 2.24) is 4.98 Å². The van der Waals surface area contributed by atoms with Crippen molar-refractivity contribution in [2.75, 3.05) is 45.4 Å². The number of aromatic nitrogens is 1. The molecule has 0 bridgehead atoms. The number of ether oxygens (including phenoxy) is 3. The van der Waals surface area contributed by atoms with Crippen LogP contribution in [0.4, 0.5) is 5.82 Å². The van der Waals surface area contributed by atoms with Gasteiger partial charge in [-0.25, -0.2) is 0 Å². The van der Waals surface area contributed by atoms with E-state index in [2.05, 4.69) is 16.0 Å². The van der Waals surface area contributed by atoms with Crippen LogP contribution in [0.2, 0.25) is 0 Å². The third-order valence-corrected chi connectivity index (χ3v) is 3.52. The Labute approximate surface area is 118 Å². The van der Waals surface area contributed by atoms with Gasteiger partial charge in [0.15, 0.2) is 0 Å². The lowest BCUT2D eigenvalue weighted by molar-refractivity contribution is 0.122. The van der Waals surface area contributed by atoms with Gasteiger partial charge in [-0.1, -0.05) is 0 Å². The molecule has 1 aromatic carbocycles. The number of morpholine rings is 1. The SMILES string of the molecule is COc1ccc2c(OC)nc(N3CCOCC3)cc2c1. The highest BCUT2D eigenvalue weighted by Gasteiger charge is 2.15. The third-order valence-electron chi connectivity index (χ3n) is 3.52. The summed E-state index contributed by atoms with van der Waals surface area (Å²) in [5.74, 6) is 2.40. The Hall–Kier alpha value is -2.01. The molecule has 2 aromatic rings. The van der Waals surface area contributed by atoms with Gasteiger partial charge in [0.05, 0.1) is 27.4 Å². The number of hydrogen-bond donors (Lipinski definition) is 0. The number of benzene rings is 1. The monoisotopic (exact) mass is 274 g/mol. The molecule has 0 spiro atoms. The Morgan fingerprint density at radius 3 is 2.60 bits per heavy atom. The Morgan fingerprint density at radius 1 is 1.10 bits per heavy atom. The molecule has 0 atom stereocenters. The van der Waals surface area contributed by atoms with Gasteiger partial charge in [-0.2, -0.15) is 4.98 Å². The van der Waals surface area contributed by atoms with Crippen molar-refractivity contribution < 1.29 is 14.2 Å². The summed E-state index contributed by atoms with van der Waals surface area (Å²) >= 11 is 0. The summed E-state index contributed by atoms with van der Waals surface area (Å²) in [7, 11) is 3.32. The Kier molecular flexibility index (Phi) is 3.60. The van der Waals surface area contributed by atoms with Gasteiger partial charge in [-0.05, 0) is 29.7 Å². The van der Waals surface area contributed by atoms with Crippen molar-refractivity contribution in [2.24, 2.45) is 0 Å². The zero-order valence-corrected chi connectivity index (χ0v) is 11.8. The van der Waals surface area contributed by atoms with Crippen molar-refractivity contribution in [1.29, 1.82) is 0 Å². The van der Waals surface area contributed by atoms with Gasteiger partial charge in [0.1, 0.15) is 11.6 Å². The summed E-state index contributed by atoms with van der Waals surface area (Å²) in [5.41, 5.74) is 0. The normalized spacial score (nSPS) is 15.4. The second-order valence-electron chi connectivity index (χ2n) is 4.68. The summed E-state index contributed by atoms with van der Waals surface area (Å²) in [6, 6.07) is 7.97. The quantitative estimate of drug-likeness (QED) is 0.857. The van der Waals surface area contributed by atoms with Crippen LogP contribution in [0.25, 0.3) is 10.8 Å². The molecule has 1 aliphatic heterocycles. The molecular formula is C15H18N2O3. The average Bonchev–Trinajstić information content (AvgIpc) is 2.54. The highest BCUT2D eigenvalue weighted by atomic mass is 16.5. The lowest BCUT2D eigenvalue weighted by atomic mass is 10.1. The zero-order chi connectivity index (χ0) is 13.9. The topological polar surface area (TPSA) is 43.8 Å². The fraction of sp³-hybridized carbons (Fsp3) is 0.400. The number of nitrogens with zero attached hydrogens (tertiary/aromatic N) is 2. The highest BCUT2D eigenvalue weighted by molar-refractivity contribution is 5.90. The molecule has 106 valence electrons. The van der Waals surface area contributed by atoms with Crippen molar-refractivity contribution in [3.63, 3.8) is 0 Å². The molecule has 0 unspecified atom stereocenters. The van der Waals surface area contributed by atoms with Crippen molar-refractivity contribution >= 4 is 16.6 Å². The molecule has 1 aliphatic rings. The Bertz CT molecular complexity index is 609. The van der Waals surface area contributed by atoms with Gasteiger partial charge in [0, 0.05) is 18.5 Å². The second kappa shape index (κ2) is 5.54. The van der Waals surface area contributed by atoms with Crippen LogP contribution in [0.15, 0.2) is 24.3 Å². The minimum atomic E-state index is 0.645. The molecule has 0 N–H and O–H groups in total. The van der Waals surface area contributed by atoms with E-state index in [1.54, 1.807) is 14.2 Å². The first kappa shape index (κ1) is 13.0. The Morgan fingerprint density at radius 2 is 1.90 bits per heavy atom. The van der Waals surface area contributed by atoms with Crippen LogP contribution in [0, 0.1) is 0 Å². The smallest absolute Gasteiger partial charge is 0.223 e. The standard InChI is InChI=1S/C15H18N2O3/c1-18-12-3-4-13-11(9-12)10-14(16-15(13)19-2)17-5-7-20-8-6-17/h3-4,9-10H,5-8H2,1-2H3. The molecule has 5 nitrogen and oxygen atoms in total. The van der Waals surface area contributed by atoms with Crippen molar-refractivity contribution in [2.45, 2.75) is 0 Å². The van der Waals surface area contributed by atoms with E-state index in [0.29, 0.717) is 5.88 Å². The fourth-order valence-corrected chi connectivity index (χ4v) is 2.43. The lowest BCUT2D eigenvalue weighted by Crippen LogP contribution is -2.36. The van der Waals surface area contributed by atoms with Crippen LogP contribution in [-0.4, -0.2) is 45.5 Å². The molecule has 1 aromatic heterocycles. The molecular weight excluding hydrogens is 256 g/mol. The summed E-state index contributed by atoms with van der Waals surface area (Å²) in [6.45, 7) is 3.18. The van der Waals surface area contributed by atoms with E-state index in [9.17, 15) is 0 Å². The van der Waals surface area contributed by atoms with Crippen molar-refractivity contribution in [3.8, 4) is 11.6 Å². The lowest BCUT2D eigenvalue weighted by Gasteiger charge is -2.28. The summed E-state index contributed by atoms with van der Waals surface area (Å²) in [5, 5.41) is 2.06. The molecule has 0 radical (unpaired) electrons. The summed E-state index contributed by atoms with van der Waals surface area (Å²) < 4.78 is 16.1. The number of anilines is 1. The molecule has 2 heterocycles. The number of fused-ring (bicyclic) bond motifs is 1.